The Balaban J connectivity index is 3.83. The monoisotopic (exact) mass is 184 g/mol. The molecule has 0 saturated heterocycles. The minimum atomic E-state index is -0.171. The lowest BCUT2D eigenvalue weighted by molar-refractivity contribution is -0.913. The van der Waals surface area contributed by atoms with Crippen molar-refractivity contribution in [3.63, 3.8) is 0 Å². The van der Waals surface area contributed by atoms with Crippen molar-refractivity contribution < 1.29 is 14.4 Å². The molecule has 0 saturated carbocycles. The topological polar surface area (TPSA) is 30.7 Å². The molecular formula is C10H18NO2+. The molecule has 0 bridgehead atoms. The molecule has 13 heavy (non-hydrogen) atoms. The van der Waals surface area contributed by atoms with E-state index in [2.05, 4.69) is 24.5 Å². The summed E-state index contributed by atoms with van der Waals surface area (Å²) in [5, 5.41) is 0. The number of carbonyl (C=O) groups is 1. The summed E-state index contributed by atoms with van der Waals surface area (Å²) in [5.41, 5.74) is 0. The zero-order chi connectivity index (χ0) is 10.3. The second-order valence-corrected chi connectivity index (χ2v) is 3.27. The van der Waals surface area contributed by atoms with Gasteiger partial charge in [0.2, 0.25) is 0 Å². The molecule has 0 rings (SSSR count). The van der Waals surface area contributed by atoms with Gasteiger partial charge < -0.3 is 9.64 Å². The molecule has 0 radical (unpaired) electrons. The summed E-state index contributed by atoms with van der Waals surface area (Å²) in [4.78, 5) is 12.1. The quantitative estimate of drug-likeness (QED) is 0.460. The maximum Gasteiger partial charge on any atom is 0.311 e. The van der Waals surface area contributed by atoms with Gasteiger partial charge in [0.05, 0.1) is 26.1 Å². The van der Waals surface area contributed by atoms with Crippen LogP contribution < -0.4 is 4.90 Å². The third-order valence-electron chi connectivity index (χ3n) is 2.02. The third kappa shape index (κ3) is 5.26. The highest BCUT2D eigenvalue weighted by Crippen LogP contribution is 1.79. The highest BCUT2D eigenvalue weighted by Gasteiger charge is 2.13. The standard InChI is InChI=1S/C10H17NO2/c1-5-7-11(9(2)3)8-6-10(12)13-4/h1,9H,6-8H2,2-4H3/p+1. The van der Waals surface area contributed by atoms with E-state index in [0.29, 0.717) is 19.0 Å². The molecular weight excluding hydrogens is 166 g/mol. The number of nitrogens with one attached hydrogen (secondary N) is 1. The number of terminal acetylenes is 1. The Morgan fingerprint density at radius 1 is 1.62 bits per heavy atom. The SMILES string of the molecule is C#CC[NH+](CCC(=O)OC)C(C)C. The van der Waals surface area contributed by atoms with Gasteiger partial charge in [-0.05, 0) is 19.8 Å². The molecule has 0 aliphatic rings. The van der Waals surface area contributed by atoms with Crippen LogP contribution in [0.5, 0.6) is 0 Å². The van der Waals surface area contributed by atoms with Gasteiger partial charge in [-0.15, -0.1) is 6.42 Å². The maximum absolute atomic E-state index is 10.9. The van der Waals surface area contributed by atoms with Gasteiger partial charge in [0.1, 0.15) is 6.54 Å². The number of quaternary nitrogens is 1. The first-order chi connectivity index (χ1) is 6.11. The summed E-state index contributed by atoms with van der Waals surface area (Å²) >= 11 is 0. The Labute approximate surface area is 80.1 Å². The van der Waals surface area contributed by atoms with Crippen molar-refractivity contribution in [3.8, 4) is 12.3 Å². The Morgan fingerprint density at radius 3 is 2.62 bits per heavy atom. The van der Waals surface area contributed by atoms with Crippen LogP contribution >= 0.6 is 0 Å². The van der Waals surface area contributed by atoms with Gasteiger partial charge in [0.15, 0.2) is 0 Å². The predicted octanol–water partition coefficient (Wildman–Crippen LogP) is -0.524. The zero-order valence-electron chi connectivity index (χ0n) is 8.59. The summed E-state index contributed by atoms with van der Waals surface area (Å²) in [6, 6.07) is 0.445. The maximum atomic E-state index is 10.9. The summed E-state index contributed by atoms with van der Waals surface area (Å²) < 4.78 is 4.55. The van der Waals surface area contributed by atoms with Crippen molar-refractivity contribution in [2.75, 3.05) is 20.2 Å². The molecule has 0 aromatic carbocycles. The molecule has 0 aromatic heterocycles. The highest BCUT2D eigenvalue weighted by atomic mass is 16.5. The van der Waals surface area contributed by atoms with E-state index >= 15 is 0 Å². The van der Waals surface area contributed by atoms with Gasteiger partial charge in [0.25, 0.3) is 0 Å². The van der Waals surface area contributed by atoms with E-state index in [0.717, 1.165) is 6.54 Å². The molecule has 1 unspecified atom stereocenters. The van der Waals surface area contributed by atoms with E-state index in [-0.39, 0.29) is 5.97 Å². The van der Waals surface area contributed by atoms with E-state index in [1.165, 1.54) is 12.0 Å². The van der Waals surface area contributed by atoms with Crippen molar-refractivity contribution in [2.24, 2.45) is 0 Å². The number of hydrogen-bond acceptors (Lipinski definition) is 2. The predicted molar refractivity (Wildman–Crippen MR) is 51.3 cm³/mol. The van der Waals surface area contributed by atoms with Crippen LogP contribution in [0.15, 0.2) is 0 Å². The molecule has 0 aliphatic heterocycles. The minimum absolute atomic E-state index is 0.171. The highest BCUT2D eigenvalue weighted by molar-refractivity contribution is 5.69. The Kier molecular flexibility index (Phi) is 5.99. The number of ether oxygens (including phenoxy) is 1. The smallest absolute Gasteiger partial charge is 0.311 e. The van der Waals surface area contributed by atoms with Gasteiger partial charge in [-0.1, -0.05) is 0 Å². The molecule has 0 aromatic rings. The first kappa shape index (κ1) is 12.0. The van der Waals surface area contributed by atoms with Crippen LogP contribution in [0.3, 0.4) is 0 Å². The van der Waals surface area contributed by atoms with Crippen LogP contribution in [0.1, 0.15) is 20.3 Å². The molecule has 1 N–H and O–H groups in total. The first-order valence-corrected chi connectivity index (χ1v) is 4.46. The number of methoxy groups -OCH3 is 1. The minimum Gasteiger partial charge on any atom is -0.469 e. The number of hydrogen-bond donors (Lipinski definition) is 1. The zero-order valence-corrected chi connectivity index (χ0v) is 8.59. The lowest BCUT2D eigenvalue weighted by Crippen LogP contribution is -3.15. The van der Waals surface area contributed by atoms with Crippen molar-refractivity contribution in [3.05, 3.63) is 0 Å². The van der Waals surface area contributed by atoms with Crippen molar-refractivity contribution in [1.29, 1.82) is 0 Å². The Hall–Kier alpha value is -1.01. The number of carbonyl (C=O) groups excluding carboxylic acids is 1. The molecule has 0 spiro atoms. The fraction of sp³-hybridized carbons (Fsp3) is 0.700. The lowest BCUT2D eigenvalue weighted by atomic mass is 10.3. The molecule has 0 amide bonds. The van der Waals surface area contributed by atoms with Gasteiger partial charge in [-0.2, -0.15) is 0 Å². The van der Waals surface area contributed by atoms with Crippen LogP contribution in [0.4, 0.5) is 0 Å². The largest absolute Gasteiger partial charge is 0.469 e. The van der Waals surface area contributed by atoms with E-state index in [4.69, 9.17) is 6.42 Å². The van der Waals surface area contributed by atoms with E-state index in [1.807, 2.05) is 0 Å². The first-order valence-electron chi connectivity index (χ1n) is 4.46. The molecule has 0 heterocycles. The average Bonchev–Trinajstić information content (AvgIpc) is 2.11. The lowest BCUT2D eigenvalue weighted by Gasteiger charge is -2.20. The summed E-state index contributed by atoms with van der Waals surface area (Å²) in [6.07, 6.45) is 5.66. The Morgan fingerprint density at radius 2 is 2.23 bits per heavy atom. The van der Waals surface area contributed by atoms with Gasteiger partial charge in [0, 0.05) is 0 Å². The number of esters is 1. The van der Waals surface area contributed by atoms with Crippen molar-refractivity contribution >= 4 is 5.97 Å². The van der Waals surface area contributed by atoms with Crippen LogP contribution in [-0.2, 0) is 9.53 Å². The van der Waals surface area contributed by atoms with E-state index in [9.17, 15) is 4.79 Å². The fourth-order valence-electron chi connectivity index (χ4n) is 1.08. The van der Waals surface area contributed by atoms with Gasteiger partial charge in [-0.3, -0.25) is 4.79 Å². The molecule has 1 atom stereocenters. The molecule has 0 fully saturated rings. The average molecular weight is 184 g/mol. The van der Waals surface area contributed by atoms with Crippen molar-refractivity contribution in [2.45, 2.75) is 26.3 Å². The molecule has 0 aliphatic carbocycles. The summed E-state index contributed by atoms with van der Waals surface area (Å²) in [6.45, 7) is 5.58. The van der Waals surface area contributed by atoms with E-state index in [1.54, 1.807) is 0 Å². The summed E-state index contributed by atoms with van der Waals surface area (Å²) in [5.74, 6) is 2.43. The van der Waals surface area contributed by atoms with Crippen LogP contribution in [-0.4, -0.2) is 32.2 Å². The van der Waals surface area contributed by atoms with Crippen LogP contribution in [0.2, 0.25) is 0 Å². The van der Waals surface area contributed by atoms with Gasteiger partial charge in [-0.25, -0.2) is 0 Å². The summed E-state index contributed by atoms with van der Waals surface area (Å²) in [7, 11) is 1.40. The van der Waals surface area contributed by atoms with Crippen LogP contribution in [0.25, 0.3) is 0 Å². The van der Waals surface area contributed by atoms with Gasteiger partial charge >= 0.3 is 5.97 Å². The second kappa shape index (κ2) is 6.50. The molecule has 3 nitrogen and oxygen atoms in total. The van der Waals surface area contributed by atoms with E-state index < -0.39 is 0 Å². The normalized spacial score (nSPS) is 12.2. The Bertz CT molecular complexity index is 194. The fourth-order valence-corrected chi connectivity index (χ4v) is 1.08. The molecule has 74 valence electrons. The second-order valence-electron chi connectivity index (χ2n) is 3.27. The molecule has 3 heteroatoms. The van der Waals surface area contributed by atoms with Crippen LogP contribution in [0, 0.1) is 12.3 Å². The van der Waals surface area contributed by atoms with Crippen molar-refractivity contribution in [1.82, 2.24) is 0 Å². The third-order valence-corrected chi connectivity index (χ3v) is 2.02. The number of rotatable bonds is 5.